The van der Waals surface area contributed by atoms with Crippen LogP contribution in [-0.2, 0) is 22.3 Å². The van der Waals surface area contributed by atoms with E-state index in [1.807, 2.05) is 11.0 Å². The summed E-state index contributed by atoms with van der Waals surface area (Å²) in [5, 5.41) is 12.1. The first-order chi connectivity index (χ1) is 13.0. The minimum Gasteiger partial charge on any atom is -0.367 e. The number of sulfonamides is 1. The monoisotopic (exact) mass is 388 g/mol. The fraction of sp³-hybridized carbons (Fsp3) is 0.316. The highest BCUT2D eigenvalue weighted by molar-refractivity contribution is 7.88. The summed E-state index contributed by atoms with van der Waals surface area (Å²) < 4.78 is 41.4. The second-order valence-electron chi connectivity index (χ2n) is 6.42. The highest BCUT2D eigenvalue weighted by Gasteiger charge is 2.16. The van der Waals surface area contributed by atoms with E-state index in [9.17, 15) is 12.8 Å². The molecule has 3 rings (SSSR count). The molecule has 0 unspecified atom stereocenters. The number of nitrogens with one attached hydrogen (secondary N) is 2. The molecule has 0 bridgehead atoms. The number of benzene rings is 2. The lowest BCUT2D eigenvalue weighted by molar-refractivity contribution is 0.564. The summed E-state index contributed by atoms with van der Waals surface area (Å²) >= 11 is 0. The zero-order valence-electron chi connectivity index (χ0n) is 14.8. The van der Waals surface area contributed by atoms with Crippen LogP contribution in [0, 0.1) is 17.1 Å². The zero-order chi connectivity index (χ0) is 19.3. The van der Waals surface area contributed by atoms with Gasteiger partial charge in [0.2, 0.25) is 10.0 Å². The molecule has 1 aliphatic rings. The molecule has 0 atom stereocenters. The number of nitrogens with zero attached hydrogens (tertiary/aromatic N) is 2. The van der Waals surface area contributed by atoms with Crippen LogP contribution in [0.3, 0.4) is 0 Å². The molecule has 0 aliphatic carbocycles. The molecule has 0 spiro atoms. The van der Waals surface area contributed by atoms with Crippen LogP contribution in [0.4, 0.5) is 10.1 Å². The number of hydrogen-bond donors (Lipinski definition) is 2. The summed E-state index contributed by atoms with van der Waals surface area (Å²) in [5.41, 5.74) is 2.03. The molecular formula is C19H21FN4O2S. The molecular weight excluding hydrogens is 367 g/mol. The summed E-state index contributed by atoms with van der Waals surface area (Å²) in [5.74, 6) is -0.584. The Morgan fingerprint density at radius 3 is 2.63 bits per heavy atom. The van der Waals surface area contributed by atoms with Gasteiger partial charge in [0.15, 0.2) is 0 Å². The number of hydrogen-bond acceptors (Lipinski definition) is 5. The quantitative estimate of drug-likeness (QED) is 0.787. The van der Waals surface area contributed by atoms with E-state index in [1.54, 1.807) is 36.4 Å². The molecule has 1 aliphatic heterocycles. The molecule has 27 heavy (non-hydrogen) atoms. The normalized spacial score (nSPS) is 14.7. The van der Waals surface area contributed by atoms with Gasteiger partial charge in [0.25, 0.3) is 0 Å². The third-order valence-electron chi connectivity index (χ3n) is 4.38. The van der Waals surface area contributed by atoms with Crippen LogP contribution in [0.15, 0.2) is 42.5 Å². The van der Waals surface area contributed by atoms with Crippen molar-refractivity contribution in [2.24, 2.45) is 0 Å². The molecule has 0 amide bonds. The predicted octanol–water partition coefficient (Wildman–Crippen LogP) is 1.73. The molecule has 6 nitrogen and oxygen atoms in total. The second-order valence-corrected chi connectivity index (χ2v) is 8.22. The zero-order valence-corrected chi connectivity index (χ0v) is 15.6. The van der Waals surface area contributed by atoms with Crippen molar-refractivity contribution in [1.29, 1.82) is 5.26 Å². The Balaban J connectivity index is 1.63. The Morgan fingerprint density at radius 2 is 1.93 bits per heavy atom. The number of halogens is 1. The van der Waals surface area contributed by atoms with E-state index in [2.05, 4.69) is 10.0 Å². The summed E-state index contributed by atoms with van der Waals surface area (Å²) in [7, 11) is -3.60. The number of nitriles is 1. The maximum absolute atomic E-state index is 14.4. The van der Waals surface area contributed by atoms with Crippen LogP contribution in [-0.4, -0.2) is 34.6 Å². The Labute approximate surface area is 158 Å². The van der Waals surface area contributed by atoms with Gasteiger partial charge in [-0.25, -0.2) is 17.5 Å². The van der Waals surface area contributed by atoms with Crippen molar-refractivity contribution >= 4 is 15.7 Å². The van der Waals surface area contributed by atoms with Crippen LogP contribution >= 0.6 is 0 Å². The molecule has 1 heterocycles. The van der Waals surface area contributed by atoms with E-state index in [4.69, 9.17) is 5.26 Å². The van der Waals surface area contributed by atoms with Crippen LogP contribution in [0.1, 0.15) is 16.7 Å². The van der Waals surface area contributed by atoms with E-state index in [0.29, 0.717) is 22.4 Å². The van der Waals surface area contributed by atoms with Gasteiger partial charge in [0.1, 0.15) is 5.82 Å². The first-order valence-corrected chi connectivity index (χ1v) is 10.3. The molecule has 2 N–H and O–H groups in total. The SMILES string of the molecule is N#Cc1cccc(CS(=O)(=O)NCc2ccc(N3CCNCC3)c(F)c2)c1. The lowest BCUT2D eigenvalue weighted by Crippen LogP contribution is -2.43. The van der Waals surface area contributed by atoms with Gasteiger partial charge in [-0.05, 0) is 35.4 Å². The highest BCUT2D eigenvalue weighted by Crippen LogP contribution is 2.21. The van der Waals surface area contributed by atoms with Gasteiger partial charge in [-0.15, -0.1) is 0 Å². The van der Waals surface area contributed by atoms with Gasteiger partial charge in [-0.3, -0.25) is 0 Å². The lowest BCUT2D eigenvalue weighted by atomic mass is 10.1. The smallest absolute Gasteiger partial charge is 0.216 e. The van der Waals surface area contributed by atoms with Gasteiger partial charge in [0.05, 0.1) is 23.1 Å². The summed E-state index contributed by atoms with van der Waals surface area (Å²) in [4.78, 5) is 1.97. The van der Waals surface area contributed by atoms with E-state index in [1.165, 1.54) is 6.07 Å². The first kappa shape index (κ1) is 19.3. The molecule has 0 aromatic heterocycles. The van der Waals surface area contributed by atoms with E-state index < -0.39 is 10.0 Å². The van der Waals surface area contributed by atoms with Crippen molar-refractivity contribution in [3.05, 3.63) is 65.0 Å². The first-order valence-electron chi connectivity index (χ1n) is 8.67. The highest BCUT2D eigenvalue weighted by atomic mass is 32.2. The third-order valence-corrected chi connectivity index (χ3v) is 5.68. The molecule has 142 valence electrons. The van der Waals surface area contributed by atoms with Crippen molar-refractivity contribution in [2.45, 2.75) is 12.3 Å². The van der Waals surface area contributed by atoms with E-state index in [-0.39, 0.29) is 18.1 Å². The maximum Gasteiger partial charge on any atom is 0.216 e. The van der Waals surface area contributed by atoms with Gasteiger partial charge in [0, 0.05) is 32.7 Å². The Kier molecular flexibility index (Phi) is 6.06. The maximum atomic E-state index is 14.4. The molecule has 8 heteroatoms. The summed E-state index contributed by atoms with van der Waals surface area (Å²) in [6.07, 6.45) is 0. The second kappa shape index (κ2) is 8.48. The van der Waals surface area contributed by atoms with Crippen LogP contribution in [0.25, 0.3) is 0 Å². The van der Waals surface area contributed by atoms with Crippen molar-refractivity contribution in [2.75, 3.05) is 31.1 Å². The number of piperazine rings is 1. The lowest BCUT2D eigenvalue weighted by Gasteiger charge is -2.29. The minimum absolute atomic E-state index is 0.0129. The Morgan fingerprint density at radius 1 is 1.15 bits per heavy atom. The third kappa shape index (κ3) is 5.26. The molecule has 0 radical (unpaired) electrons. The van der Waals surface area contributed by atoms with Crippen molar-refractivity contribution < 1.29 is 12.8 Å². The predicted molar refractivity (Wildman–Crippen MR) is 102 cm³/mol. The van der Waals surface area contributed by atoms with E-state index in [0.717, 1.165) is 26.2 Å². The minimum atomic E-state index is -3.60. The fourth-order valence-corrected chi connectivity index (χ4v) is 4.12. The van der Waals surface area contributed by atoms with Crippen molar-refractivity contribution in [3.8, 4) is 6.07 Å². The fourth-order valence-electron chi connectivity index (χ4n) is 3.02. The van der Waals surface area contributed by atoms with Crippen molar-refractivity contribution in [3.63, 3.8) is 0 Å². The molecule has 1 fully saturated rings. The largest absolute Gasteiger partial charge is 0.367 e. The van der Waals surface area contributed by atoms with Gasteiger partial charge < -0.3 is 10.2 Å². The summed E-state index contributed by atoms with van der Waals surface area (Å²) in [6.45, 7) is 3.12. The van der Waals surface area contributed by atoms with Crippen LogP contribution in [0.5, 0.6) is 0 Å². The number of rotatable bonds is 6. The Bertz CT molecular complexity index is 950. The molecule has 2 aromatic carbocycles. The average molecular weight is 388 g/mol. The molecule has 0 saturated carbocycles. The Hall–Kier alpha value is -2.47. The molecule has 1 saturated heterocycles. The number of anilines is 1. The summed E-state index contributed by atoms with van der Waals surface area (Å²) in [6, 6.07) is 13.2. The van der Waals surface area contributed by atoms with E-state index >= 15 is 0 Å². The van der Waals surface area contributed by atoms with Gasteiger partial charge in [-0.1, -0.05) is 18.2 Å². The van der Waals surface area contributed by atoms with Crippen LogP contribution < -0.4 is 14.9 Å². The van der Waals surface area contributed by atoms with Crippen molar-refractivity contribution in [1.82, 2.24) is 10.0 Å². The van der Waals surface area contributed by atoms with Crippen LogP contribution in [0.2, 0.25) is 0 Å². The van der Waals surface area contributed by atoms with Gasteiger partial charge >= 0.3 is 0 Å². The average Bonchev–Trinajstić information content (AvgIpc) is 2.67. The topological polar surface area (TPSA) is 85.2 Å². The molecule has 2 aromatic rings. The standard InChI is InChI=1S/C19H21FN4O2S/c20-18-11-16(4-5-19(18)24-8-6-22-7-9-24)13-23-27(25,26)14-17-3-1-2-15(10-17)12-21/h1-5,10-11,22-23H,6-9,13-14H2. The van der Waals surface area contributed by atoms with Gasteiger partial charge in [-0.2, -0.15) is 5.26 Å².